The van der Waals surface area contributed by atoms with Crippen LogP contribution in [0.15, 0.2) is 48.5 Å². The van der Waals surface area contributed by atoms with E-state index in [1.807, 2.05) is 36.4 Å². The zero-order valence-corrected chi connectivity index (χ0v) is 10.6. The first-order valence-electron chi connectivity index (χ1n) is 6.52. The Morgan fingerprint density at radius 1 is 1.11 bits per heavy atom. The highest BCUT2D eigenvalue weighted by Crippen LogP contribution is 2.19. The summed E-state index contributed by atoms with van der Waals surface area (Å²) >= 11 is 0. The van der Waals surface area contributed by atoms with Crippen LogP contribution >= 0.6 is 0 Å². The summed E-state index contributed by atoms with van der Waals surface area (Å²) in [5.41, 5.74) is 4.14. The lowest BCUT2D eigenvalue weighted by Gasteiger charge is -2.17. The minimum Gasteiger partial charge on any atom is -0.381 e. The largest absolute Gasteiger partial charge is 0.381 e. The molecule has 2 aromatic carbocycles. The third-order valence-corrected chi connectivity index (χ3v) is 3.37. The molecule has 0 saturated carbocycles. The fourth-order valence-corrected chi connectivity index (χ4v) is 2.32. The van der Waals surface area contributed by atoms with E-state index in [2.05, 4.69) is 22.8 Å². The van der Waals surface area contributed by atoms with E-state index in [1.165, 1.54) is 5.56 Å². The Morgan fingerprint density at radius 3 is 2.79 bits per heavy atom. The SMILES string of the molecule is O=C1NCCc2ccc(NCc3ccccc3)cc21. The van der Waals surface area contributed by atoms with Gasteiger partial charge < -0.3 is 10.6 Å². The number of rotatable bonds is 3. The van der Waals surface area contributed by atoms with Crippen LogP contribution in [0.25, 0.3) is 0 Å². The van der Waals surface area contributed by atoms with Crippen LogP contribution in [0.4, 0.5) is 5.69 Å². The highest BCUT2D eigenvalue weighted by Gasteiger charge is 2.16. The fraction of sp³-hybridized carbons (Fsp3) is 0.188. The molecule has 0 fully saturated rings. The molecule has 19 heavy (non-hydrogen) atoms. The van der Waals surface area contributed by atoms with Gasteiger partial charge in [0, 0.05) is 24.3 Å². The first kappa shape index (κ1) is 11.8. The Balaban J connectivity index is 1.75. The van der Waals surface area contributed by atoms with Crippen molar-refractivity contribution in [3.8, 4) is 0 Å². The van der Waals surface area contributed by atoms with Gasteiger partial charge in [-0.05, 0) is 29.7 Å². The van der Waals surface area contributed by atoms with Crippen molar-refractivity contribution in [3.63, 3.8) is 0 Å². The number of hydrogen-bond donors (Lipinski definition) is 2. The highest BCUT2D eigenvalue weighted by molar-refractivity contribution is 5.97. The van der Waals surface area contributed by atoms with Gasteiger partial charge in [0.05, 0.1) is 0 Å². The molecular weight excluding hydrogens is 236 g/mol. The van der Waals surface area contributed by atoms with Gasteiger partial charge in [0.25, 0.3) is 5.91 Å². The van der Waals surface area contributed by atoms with Crippen molar-refractivity contribution in [1.82, 2.24) is 5.32 Å². The molecule has 3 rings (SSSR count). The van der Waals surface area contributed by atoms with E-state index < -0.39 is 0 Å². The van der Waals surface area contributed by atoms with Gasteiger partial charge in [-0.25, -0.2) is 0 Å². The van der Waals surface area contributed by atoms with Gasteiger partial charge in [-0.1, -0.05) is 36.4 Å². The molecule has 1 aliphatic rings. The second-order valence-corrected chi connectivity index (χ2v) is 4.72. The van der Waals surface area contributed by atoms with Gasteiger partial charge >= 0.3 is 0 Å². The van der Waals surface area contributed by atoms with E-state index in [4.69, 9.17) is 0 Å². The van der Waals surface area contributed by atoms with Gasteiger partial charge in [-0.3, -0.25) is 4.79 Å². The first-order chi connectivity index (χ1) is 9.33. The summed E-state index contributed by atoms with van der Waals surface area (Å²) in [4.78, 5) is 11.8. The van der Waals surface area contributed by atoms with Gasteiger partial charge in [0.1, 0.15) is 0 Å². The van der Waals surface area contributed by atoms with Crippen LogP contribution in [0.2, 0.25) is 0 Å². The highest BCUT2D eigenvalue weighted by atomic mass is 16.1. The van der Waals surface area contributed by atoms with Crippen molar-refractivity contribution in [3.05, 3.63) is 65.2 Å². The number of anilines is 1. The van der Waals surface area contributed by atoms with Crippen LogP contribution in [-0.2, 0) is 13.0 Å². The Kier molecular flexibility index (Phi) is 3.19. The van der Waals surface area contributed by atoms with Crippen LogP contribution in [-0.4, -0.2) is 12.5 Å². The summed E-state index contributed by atoms with van der Waals surface area (Å²) in [6.45, 7) is 1.50. The number of carbonyl (C=O) groups excluding carboxylic acids is 1. The molecule has 3 heteroatoms. The number of carbonyl (C=O) groups is 1. The molecule has 0 atom stereocenters. The fourth-order valence-electron chi connectivity index (χ4n) is 2.32. The molecule has 1 aliphatic heterocycles. The molecule has 3 nitrogen and oxygen atoms in total. The average molecular weight is 252 g/mol. The summed E-state index contributed by atoms with van der Waals surface area (Å²) in [6, 6.07) is 16.2. The van der Waals surface area contributed by atoms with E-state index in [0.29, 0.717) is 0 Å². The summed E-state index contributed by atoms with van der Waals surface area (Å²) in [7, 11) is 0. The van der Waals surface area contributed by atoms with Crippen molar-refractivity contribution in [2.24, 2.45) is 0 Å². The third-order valence-electron chi connectivity index (χ3n) is 3.37. The topological polar surface area (TPSA) is 41.1 Å². The Hall–Kier alpha value is -2.29. The van der Waals surface area contributed by atoms with Gasteiger partial charge in [-0.2, -0.15) is 0 Å². The van der Waals surface area contributed by atoms with Crippen LogP contribution in [0.3, 0.4) is 0 Å². The van der Waals surface area contributed by atoms with E-state index in [9.17, 15) is 4.79 Å². The van der Waals surface area contributed by atoms with Crippen molar-refractivity contribution in [1.29, 1.82) is 0 Å². The molecule has 0 radical (unpaired) electrons. The number of fused-ring (bicyclic) bond motifs is 1. The first-order valence-corrected chi connectivity index (χ1v) is 6.52. The van der Waals surface area contributed by atoms with Crippen LogP contribution in [0.1, 0.15) is 21.5 Å². The van der Waals surface area contributed by atoms with E-state index in [1.54, 1.807) is 0 Å². The number of amides is 1. The molecule has 1 amide bonds. The molecule has 0 aromatic heterocycles. The third kappa shape index (κ3) is 2.60. The number of hydrogen-bond acceptors (Lipinski definition) is 2. The maximum atomic E-state index is 11.8. The molecule has 0 unspecified atom stereocenters. The normalized spacial score (nSPS) is 13.6. The van der Waals surface area contributed by atoms with Crippen LogP contribution in [0.5, 0.6) is 0 Å². The molecule has 1 heterocycles. The predicted octanol–water partition coefficient (Wildman–Crippen LogP) is 2.58. The van der Waals surface area contributed by atoms with Crippen molar-refractivity contribution in [2.45, 2.75) is 13.0 Å². The molecule has 2 N–H and O–H groups in total. The molecule has 2 aromatic rings. The van der Waals surface area contributed by atoms with Crippen molar-refractivity contribution < 1.29 is 4.79 Å². The second-order valence-electron chi connectivity index (χ2n) is 4.72. The van der Waals surface area contributed by atoms with Crippen molar-refractivity contribution in [2.75, 3.05) is 11.9 Å². The molecule has 96 valence electrons. The minimum atomic E-state index is 0.0320. The standard InChI is InChI=1S/C16H16N2O/c19-16-15-10-14(7-6-13(15)8-9-17-16)18-11-12-4-2-1-3-5-12/h1-7,10,18H,8-9,11H2,(H,17,19). The van der Waals surface area contributed by atoms with Gasteiger partial charge in [0.15, 0.2) is 0 Å². The number of nitrogens with one attached hydrogen (secondary N) is 2. The molecule has 0 bridgehead atoms. The van der Waals surface area contributed by atoms with E-state index in [0.717, 1.165) is 36.3 Å². The molecular formula is C16H16N2O. The predicted molar refractivity (Wildman–Crippen MR) is 76.2 cm³/mol. The number of benzene rings is 2. The Morgan fingerprint density at radius 2 is 1.95 bits per heavy atom. The van der Waals surface area contributed by atoms with E-state index >= 15 is 0 Å². The van der Waals surface area contributed by atoms with Gasteiger partial charge in [0.2, 0.25) is 0 Å². The minimum absolute atomic E-state index is 0.0320. The van der Waals surface area contributed by atoms with Gasteiger partial charge in [-0.15, -0.1) is 0 Å². The average Bonchev–Trinajstić information content (AvgIpc) is 2.47. The Labute approximate surface area is 112 Å². The lowest BCUT2D eigenvalue weighted by molar-refractivity contribution is 0.0946. The van der Waals surface area contributed by atoms with Crippen molar-refractivity contribution >= 4 is 11.6 Å². The molecule has 0 saturated heterocycles. The molecule has 0 aliphatic carbocycles. The zero-order valence-electron chi connectivity index (χ0n) is 10.6. The second kappa shape index (κ2) is 5.14. The lowest BCUT2D eigenvalue weighted by atomic mass is 10.00. The Bertz CT molecular complexity index is 593. The summed E-state index contributed by atoms with van der Waals surface area (Å²) in [5.74, 6) is 0.0320. The summed E-state index contributed by atoms with van der Waals surface area (Å²) < 4.78 is 0. The monoisotopic (exact) mass is 252 g/mol. The molecule has 0 spiro atoms. The maximum absolute atomic E-state index is 11.8. The zero-order chi connectivity index (χ0) is 13.1. The lowest BCUT2D eigenvalue weighted by Crippen LogP contribution is -2.31. The maximum Gasteiger partial charge on any atom is 0.251 e. The summed E-state index contributed by atoms with van der Waals surface area (Å²) in [5, 5.41) is 6.22. The van der Waals surface area contributed by atoms with Crippen LogP contribution < -0.4 is 10.6 Å². The summed E-state index contributed by atoms with van der Waals surface area (Å²) in [6.07, 6.45) is 0.917. The van der Waals surface area contributed by atoms with Crippen LogP contribution in [0, 0.1) is 0 Å². The van der Waals surface area contributed by atoms with E-state index in [-0.39, 0.29) is 5.91 Å². The quantitative estimate of drug-likeness (QED) is 0.881. The smallest absolute Gasteiger partial charge is 0.251 e.